The Kier molecular flexibility index (Phi) is 6.72. The summed E-state index contributed by atoms with van der Waals surface area (Å²) in [5, 5.41) is 5.98. The van der Waals surface area contributed by atoms with E-state index in [2.05, 4.69) is 15.6 Å². The van der Waals surface area contributed by atoms with E-state index < -0.39 is 12.2 Å². The Bertz CT molecular complexity index is 855. The third-order valence-electron chi connectivity index (χ3n) is 4.02. The van der Waals surface area contributed by atoms with E-state index in [4.69, 9.17) is 22.1 Å². The van der Waals surface area contributed by atoms with E-state index in [-0.39, 0.29) is 12.5 Å². The van der Waals surface area contributed by atoms with Crippen molar-refractivity contribution in [3.63, 3.8) is 0 Å². The van der Waals surface area contributed by atoms with E-state index >= 15 is 0 Å². The molecule has 148 valence electrons. The highest BCUT2D eigenvalue weighted by molar-refractivity contribution is 7.17. The van der Waals surface area contributed by atoms with Gasteiger partial charge in [0.1, 0.15) is 6.10 Å². The number of hydrogen-bond acceptors (Lipinski definition) is 6. The first-order valence-electron chi connectivity index (χ1n) is 8.62. The van der Waals surface area contributed by atoms with Gasteiger partial charge in [-0.25, -0.2) is 4.79 Å². The molecule has 1 saturated heterocycles. The van der Waals surface area contributed by atoms with Crippen LogP contribution in [0.1, 0.15) is 9.67 Å². The Balaban J connectivity index is 1.50. The van der Waals surface area contributed by atoms with Crippen LogP contribution in [-0.2, 0) is 4.74 Å². The Morgan fingerprint density at radius 1 is 1.36 bits per heavy atom. The van der Waals surface area contributed by atoms with Gasteiger partial charge in [0.2, 0.25) is 0 Å². The Morgan fingerprint density at radius 2 is 2.14 bits per heavy atom. The molecule has 10 heteroatoms. The van der Waals surface area contributed by atoms with Gasteiger partial charge in [-0.15, -0.1) is 11.3 Å². The summed E-state index contributed by atoms with van der Waals surface area (Å²) in [7, 11) is 0. The molecule has 0 saturated carbocycles. The molecule has 0 bridgehead atoms. The second kappa shape index (κ2) is 9.43. The number of nitrogens with one attached hydrogen (secondary N) is 2. The number of halogens is 1. The smallest absolute Gasteiger partial charge is 0.414 e. The summed E-state index contributed by atoms with van der Waals surface area (Å²) >= 11 is 7.04. The fourth-order valence-electron chi connectivity index (χ4n) is 2.67. The lowest BCUT2D eigenvalue weighted by atomic mass is 10.2. The molecule has 2 amide bonds. The zero-order valence-corrected chi connectivity index (χ0v) is 16.5. The van der Waals surface area contributed by atoms with Gasteiger partial charge in [0.25, 0.3) is 5.91 Å². The van der Waals surface area contributed by atoms with E-state index in [0.29, 0.717) is 28.8 Å². The molecule has 3 rings (SSSR count). The molecule has 28 heavy (non-hydrogen) atoms. The number of carbonyl (C=O) groups excluding carboxylic acids is 2. The minimum atomic E-state index is -0.434. The third kappa shape index (κ3) is 5.14. The summed E-state index contributed by atoms with van der Waals surface area (Å²) < 4.78 is 5.90. The average molecular weight is 422 g/mol. The van der Waals surface area contributed by atoms with Gasteiger partial charge in [0, 0.05) is 17.9 Å². The fourth-order valence-corrected chi connectivity index (χ4v) is 3.63. The minimum absolute atomic E-state index is 0.234. The number of nitrogens with zero attached hydrogens (tertiary/aromatic N) is 2. The zero-order valence-electron chi connectivity index (χ0n) is 14.9. The topological polar surface area (TPSA) is 109 Å². The van der Waals surface area contributed by atoms with Crippen LogP contribution in [0.25, 0.3) is 0 Å². The van der Waals surface area contributed by atoms with Crippen LogP contribution in [0.3, 0.4) is 0 Å². The summed E-state index contributed by atoms with van der Waals surface area (Å²) in [5.74, 6) is -0.235. The third-order valence-corrected chi connectivity index (χ3v) is 5.25. The molecule has 0 aliphatic carbocycles. The zero-order chi connectivity index (χ0) is 19.9. The molecule has 1 aromatic carbocycles. The van der Waals surface area contributed by atoms with Gasteiger partial charge in [0.05, 0.1) is 35.2 Å². The summed E-state index contributed by atoms with van der Waals surface area (Å²) in [5.41, 5.74) is 6.84. The van der Waals surface area contributed by atoms with Crippen molar-refractivity contribution in [2.75, 3.05) is 36.4 Å². The lowest BCUT2D eigenvalue weighted by Gasteiger charge is -2.14. The highest BCUT2D eigenvalue weighted by atomic mass is 35.5. The number of aliphatic imine (C=N–C) groups is 1. The standard InChI is InChI=1S/C18H20ClN5O3S/c19-16-6-5-15(28-16)17(25)23-9-14-10-24(18(26)27-14)13-3-1-12(2-4-13)22-8-7-21-11-20/h1-6,11,14,22H,7-10H2,(H2,20,21)(H,23,25). The number of amides is 2. The minimum Gasteiger partial charge on any atom is -0.442 e. The van der Waals surface area contributed by atoms with Gasteiger partial charge in [-0.05, 0) is 36.4 Å². The maximum Gasteiger partial charge on any atom is 0.414 e. The Morgan fingerprint density at radius 3 is 2.82 bits per heavy atom. The molecule has 2 heterocycles. The van der Waals surface area contributed by atoms with Gasteiger partial charge in [-0.3, -0.25) is 14.7 Å². The van der Waals surface area contributed by atoms with Crippen molar-refractivity contribution in [2.24, 2.45) is 10.7 Å². The van der Waals surface area contributed by atoms with Gasteiger partial charge in [-0.2, -0.15) is 0 Å². The number of rotatable bonds is 8. The Hall–Kier alpha value is -2.78. The molecule has 1 fully saturated rings. The van der Waals surface area contributed by atoms with Crippen LogP contribution >= 0.6 is 22.9 Å². The second-order valence-electron chi connectivity index (χ2n) is 5.96. The van der Waals surface area contributed by atoms with Crippen molar-refractivity contribution in [3.05, 3.63) is 45.6 Å². The lowest BCUT2D eigenvalue weighted by molar-refractivity contribution is 0.0920. The SMILES string of the molecule is NC=NCCNc1ccc(N2CC(CNC(=O)c3ccc(Cl)s3)OC2=O)cc1. The van der Waals surface area contributed by atoms with Crippen molar-refractivity contribution in [1.29, 1.82) is 0 Å². The fraction of sp³-hybridized carbons (Fsp3) is 0.278. The number of hydrogen-bond donors (Lipinski definition) is 3. The predicted octanol–water partition coefficient (Wildman–Crippen LogP) is 2.56. The summed E-state index contributed by atoms with van der Waals surface area (Å²) in [6, 6.07) is 10.8. The maximum absolute atomic E-state index is 12.2. The molecular formula is C18H20ClN5O3S. The molecule has 1 aliphatic rings. The van der Waals surface area contributed by atoms with Crippen molar-refractivity contribution in [1.82, 2.24) is 5.32 Å². The quantitative estimate of drug-likeness (QED) is 0.345. The van der Waals surface area contributed by atoms with Crippen LogP contribution in [0.5, 0.6) is 0 Å². The number of benzene rings is 1. The first-order chi connectivity index (χ1) is 13.6. The highest BCUT2D eigenvalue weighted by Gasteiger charge is 2.32. The van der Waals surface area contributed by atoms with Crippen LogP contribution in [0.15, 0.2) is 41.4 Å². The molecule has 2 aromatic rings. The normalized spacial score (nSPS) is 16.4. The number of nitrogens with two attached hydrogens (primary N) is 1. The molecule has 4 N–H and O–H groups in total. The van der Waals surface area contributed by atoms with Crippen molar-refractivity contribution < 1.29 is 14.3 Å². The summed E-state index contributed by atoms with van der Waals surface area (Å²) in [6.07, 6.45) is 0.424. The number of cyclic esters (lactones) is 1. The van der Waals surface area contributed by atoms with E-state index in [1.807, 2.05) is 24.3 Å². The molecule has 1 aliphatic heterocycles. The van der Waals surface area contributed by atoms with Crippen molar-refractivity contribution >= 4 is 52.7 Å². The summed E-state index contributed by atoms with van der Waals surface area (Å²) in [6.45, 7) is 1.85. The predicted molar refractivity (Wildman–Crippen MR) is 112 cm³/mol. The van der Waals surface area contributed by atoms with Crippen LogP contribution in [0.4, 0.5) is 16.2 Å². The first kappa shape index (κ1) is 20.0. The molecular weight excluding hydrogens is 402 g/mol. The van der Waals surface area contributed by atoms with Crippen molar-refractivity contribution in [2.45, 2.75) is 6.10 Å². The van der Waals surface area contributed by atoms with Crippen molar-refractivity contribution in [3.8, 4) is 0 Å². The highest BCUT2D eigenvalue weighted by Crippen LogP contribution is 2.24. The van der Waals surface area contributed by atoms with E-state index in [0.717, 1.165) is 11.4 Å². The van der Waals surface area contributed by atoms with E-state index in [1.54, 1.807) is 17.0 Å². The average Bonchev–Trinajstić information content (AvgIpc) is 3.29. The van der Waals surface area contributed by atoms with Gasteiger partial charge >= 0.3 is 6.09 Å². The second-order valence-corrected chi connectivity index (χ2v) is 7.67. The van der Waals surface area contributed by atoms with Gasteiger partial charge in [-0.1, -0.05) is 11.6 Å². The molecule has 0 radical (unpaired) electrons. The molecule has 1 unspecified atom stereocenters. The van der Waals surface area contributed by atoms with Crippen LogP contribution < -0.4 is 21.3 Å². The van der Waals surface area contributed by atoms with E-state index in [9.17, 15) is 9.59 Å². The van der Waals surface area contributed by atoms with Crippen LogP contribution in [-0.4, -0.2) is 50.6 Å². The first-order valence-corrected chi connectivity index (χ1v) is 9.82. The van der Waals surface area contributed by atoms with Gasteiger partial charge < -0.3 is 21.1 Å². The maximum atomic E-state index is 12.2. The largest absolute Gasteiger partial charge is 0.442 e. The molecule has 1 atom stereocenters. The number of anilines is 2. The number of ether oxygens (including phenoxy) is 1. The van der Waals surface area contributed by atoms with Crippen LogP contribution in [0.2, 0.25) is 4.34 Å². The molecule has 0 spiro atoms. The number of carbonyl (C=O) groups is 2. The Labute approximate surface area is 171 Å². The van der Waals surface area contributed by atoms with E-state index in [1.165, 1.54) is 17.7 Å². The van der Waals surface area contributed by atoms with Gasteiger partial charge in [0.15, 0.2) is 0 Å². The monoisotopic (exact) mass is 421 g/mol. The lowest BCUT2D eigenvalue weighted by Crippen LogP contribution is -2.34. The van der Waals surface area contributed by atoms with Crippen LogP contribution in [0, 0.1) is 0 Å². The summed E-state index contributed by atoms with van der Waals surface area (Å²) in [4.78, 5) is 30.2. The number of thiophene rings is 1. The molecule has 1 aromatic heterocycles. The molecule has 8 nitrogen and oxygen atoms in total.